The Balaban J connectivity index is 1.61. The zero-order valence-electron chi connectivity index (χ0n) is 11.6. The van der Waals surface area contributed by atoms with Gasteiger partial charge < -0.3 is 10.1 Å². The van der Waals surface area contributed by atoms with Crippen molar-refractivity contribution in [2.24, 2.45) is 5.92 Å². The van der Waals surface area contributed by atoms with E-state index in [2.05, 4.69) is 12.2 Å². The first-order valence-electron chi connectivity index (χ1n) is 7.66. The summed E-state index contributed by atoms with van der Waals surface area (Å²) in [4.78, 5) is 11.9. The van der Waals surface area contributed by atoms with E-state index in [1.807, 2.05) is 0 Å². The first kappa shape index (κ1) is 13.9. The van der Waals surface area contributed by atoms with Crippen LogP contribution in [0.5, 0.6) is 0 Å². The van der Waals surface area contributed by atoms with Crippen molar-refractivity contribution in [2.45, 2.75) is 76.9 Å². The summed E-state index contributed by atoms with van der Waals surface area (Å²) >= 11 is 0. The van der Waals surface area contributed by atoms with Gasteiger partial charge in [0, 0.05) is 13.0 Å². The molecule has 1 heterocycles. The minimum Gasteiger partial charge on any atom is -0.376 e. The third-order valence-electron chi connectivity index (χ3n) is 4.42. The van der Waals surface area contributed by atoms with Crippen LogP contribution in [0.15, 0.2) is 0 Å². The highest BCUT2D eigenvalue weighted by Crippen LogP contribution is 2.27. The molecule has 0 aromatic heterocycles. The molecule has 18 heavy (non-hydrogen) atoms. The van der Waals surface area contributed by atoms with Crippen LogP contribution in [0.2, 0.25) is 0 Å². The predicted octanol–water partition coefficient (Wildman–Crippen LogP) is 3.03. The monoisotopic (exact) mass is 253 g/mol. The molecular weight excluding hydrogens is 226 g/mol. The minimum atomic E-state index is 0.173. The smallest absolute Gasteiger partial charge is 0.220 e. The van der Waals surface area contributed by atoms with E-state index in [1.165, 1.54) is 32.1 Å². The maximum atomic E-state index is 11.9. The Morgan fingerprint density at radius 3 is 2.67 bits per heavy atom. The second-order valence-electron chi connectivity index (χ2n) is 5.95. The fourth-order valence-corrected chi connectivity index (χ4v) is 3.23. The standard InChI is InChI=1S/C15H27NO2/c1-12(14-8-5-11-18-14)16-15(17)10-9-13-6-3-2-4-7-13/h12-14H,2-11H2,1H3,(H,16,17)/t12-,14+/m1/s1. The Morgan fingerprint density at radius 1 is 1.22 bits per heavy atom. The predicted molar refractivity (Wildman–Crippen MR) is 72.4 cm³/mol. The largest absolute Gasteiger partial charge is 0.376 e. The van der Waals surface area contributed by atoms with Crippen molar-refractivity contribution < 1.29 is 9.53 Å². The van der Waals surface area contributed by atoms with Gasteiger partial charge in [-0.3, -0.25) is 4.79 Å². The van der Waals surface area contributed by atoms with Gasteiger partial charge in [0.1, 0.15) is 0 Å². The molecule has 2 aliphatic rings. The summed E-state index contributed by atoms with van der Waals surface area (Å²) in [5.74, 6) is 1.01. The Bertz CT molecular complexity index is 255. The van der Waals surface area contributed by atoms with E-state index in [4.69, 9.17) is 4.74 Å². The van der Waals surface area contributed by atoms with Crippen LogP contribution in [0.4, 0.5) is 0 Å². The molecule has 1 saturated carbocycles. The average Bonchev–Trinajstić information content (AvgIpc) is 2.91. The summed E-state index contributed by atoms with van der Waals surface area (Å²) in [5.41, 5.74) is 0. The van der Waals surface area contributed by atoms with Crippen LogP contribution < -0.4 is 5.32 Å². The molecule has 2 fully saturated rings. The van der Waals surface area contributed by atoms with Gasteiger partial charge in [-0.05, 0) is 32.1 Å². The van der Waals surface area contributed by atoms with Crippen LogP contribution in [-0.2, 0) is 9.53 Å². The number of rotatable bonds is 5. The van der Waals surface area contributed by atoms with Crippen LogP contribution in [0.25, 0.3) is 0 Å². The Hall–Kier alpha value is -0.570. The molecule has 1 aliphatic heterocycles. The van der Waals surface area contributed by atoms with Crippen molar-refractivity contribution in [3.63, 3.8) is 0 Å². The maximum absolute atomic E-state index is 11.9. The Morgan fingerprint density at radius 2 is 2.00 bits per heavy atom. The van der Waals surface area contributed by atoms with Crippen LogP contribution in [0.3, 0.4) is 0 Å². The molecule has 1 amide bonds. The highest BCUT2D eigenvalue weighted by atomic mass is 16.5. The zero-order chi connectivity index (χ0) is 12.8. The quantitative estimate of drug-likeness (QED) is 0.818. The number of hydrogen-bond donors (Lipinski definition) is 1. The first-order chi connectivity index (χ1) is 8.75. The number of hydrogen-bond acceptors (Lipinski definition) is 2. The van der Waals surface area contributed by atoms with Crippen molar-refractivity contribution in [3.05, 3.63) is 0 Å². The van der Waals surface area contributed by atoms with E-state index >= 15 is 0 Å². The van der Waals surface area contributed by atoms with E-state index in [9.17, 15) is 4.79 Å². The lowest BCUT2D eigenvalue weighted by Gasteiger charge is -2.23. The van der Waals surface area contributed by atoms with Gasteiger partial charge >= 0.3 is 0 Å². The van der Waals surface area contributed by atoms with E-state index in [0.29, 0.717) is 6.42 Å². The third kappa shape index (κ3) is 4.27. The average molecular weight is 253 g/mol. The highest BCUT2D eigenvalue weighted by Gasteiger charge is 2.23. The van der Waals surface area contributed by atoms with Gasteiger partial charge in [0.2, 0.25) is 5.91 Å². The number of carbonyl (C=O) groups excluding carboxylic acids is 1. The van der Waals surface area contributed by atoms with E-state index < -0.39 is 0 Å². The van der Waals surface area contributed by atoms with Crippen molar-refractivity contribution in [3.8, 4) is 0 Å². The maximum Gasteiger partial charge on any atom is 0.220 e. The molecule has 1 N–H and O–H groups in total. The molecule has 2 rings (SSSR count). The van der Waals surface area contributed by atoms with Gasteiger partial charge in [-0.1, -0.05) is 32.1 Å². The lowest BCUT2D eigenvalue weighted by Crippen LogP contribution is -2.40. The van der Waals surface area contributed by atoms with Gasteiger partial charge in [-0.2, -0.15) is 0 Å². The molecule has 1 saturated heterocycles. The normalized spacial score (nSPS) is 27.1. The molecule has 0 aromatic rings. The molecule has 0 spiro atoms. The van der Waals surface area contributed by atoms with Crippen LogP contribution in [0.1, 0.15) is 64.7 Å². The lowest BCUT2D eigenvalue weighted by atomic mass is 9.86. The van der Waals surface area contributed by atoms with Crippen molar-refractivity contribution >= 4 is 5.91 Å². The Kier molecular flexibility index (Phi) is 5.48. The fraction of sp³-hybridized carbons (Fsp3) is 0.933. The lowest BCUT2D eigenvalue weighted by molar-refractivity contribution is -0.122. The van der Waals surface area contributed by atoms with Crippen LogP contribution in [-0.4, -0.2) is 24.7 Å². The second kappa shape index (κ2) is 7.13. The Labute approximate surface area is 111 Å². The zero-order valence-corrected chi connectivity index (χ0v) is 11.6. The number of amides is 1. The van der Waals surface area contributed by atoms with Crippen LogP contribution >= 0.6 is 0 Å². The molecule has 0 aromatic carbocycles. The minimum absolute atomic E-state index is 0.173. The van der Waals surface area contributed by atoms with Gasteiger partial charge in [0.15, 0.2) is 0 Å². The number of ether oxygens (including phenoxy) is 1. The van der Waals surface area contributed by atoms with Crippen molar-refractivity contribution in [1.82, 2.24) is 5.32 Å². The summed E-state index contributed by atoms with van der Waals surface area (Å²) in [6, 6.07) is 0.173. The molecule has 3 heteroatoms. The topological polar surface area (TPSA) is 38.3 Å². The van der Waals surface area contributed by atoms with E-state index in [-0.39, 0.29) is 18.1 Å². The SMILES string of the molecule is C[C@@H](NC(=O)CCC1CCCCC1)[C@@H]1CCCO1. The van der Waals surface area contributed by atoms with Crippen molar-refractivity contribution in [2.75, 3.05) is 6.61 Å². The van der Waals surface area contributed by atoms with Crippen LogP contribution in [0, 0.1) is 5.92 Å². The van der Waals surface area contributed by atoms with Crippen molar-refractivity contribution in [1.29, 1.82) is 0 Å². The second-order valence-corrected chi connectivity index (χ2v) is 5.95. The first-order valence-corrected chi connectivity index (χ1v) is 7.66. The molecule has 0 bridgehead atoms. The van der Waals surface area contributed by atoms with Gasteiger partial charge in [0.05, 0.1) is 12.1 Å². The summed E-state index contributed by atoms with van der Waals surface area (Å²) in [6.07, 6.45) is 11.0. The van der Waals surface area contributed by atoms with Gasteiger partial charge in [-0.25, -0.2) is 0 Å². The number of nitrogens with one attached hydrogen (secondary N) is 1. The summed E-state index contributed by atoms with van der Waals surface area (Å²) < 4.78 is 5.60. The van der Waals surface area contributed by atoms with Gasteiger partial charge in [-0.15, -0.1) is 0 Å². The highest BCUT2D eigenvalue weighted by molar-refractivity contribution is 5.76. The summed E-state index contributed by atoms with van der Waals surface area (Å²) in [7, 11) is 0. The van der Waals surface area contributed by atoms with E-state index in [0.717, 1.165) is 31.8 Å². The molecule has 2 atom stereocenters. The third-order valence-corrected chi connectivity index (χ3v) is 4.42. The van der Waals surface area contributed by atoms with Gasteiger partial charge in [0.25, 0.3) is 0 Å². The molecule has 3 nitrogen and oxygen atoms in total. The summed E-state index contributed by atoms with van der Waals surface area (Å²) in [5, 5.41) is 3.10. The molecular formula is C15H27NO2. The fourth-order valence-electron chi connectivity index (χ4n) is 3.23. The summed E-state index contributed by atoms with van der Waals surface area (Å²) in [6.45, 7) is 2.92. The molecule has 0 radical (unpaired) electrons. The number of carbonyl (C=O) groups is 1. The molecule has 1 aliphatic carbocycles. The van der Waals surface area contributed by atoms with E-state index in [1.54, 1.807) is 0 Å². The molecule has 104 valence electrons. The molecule has 0 unspecified atom stereocenters.